The quantitative estimate of drug-likeness (QED) is 0.231. The molecule has 1 rings (SSSR count). The highest BCUT2D eigenvalue weighted by molar-refractivity contribution is 6.64. The SMILES string of the molecule is CCCCCC1CCC(CCCCCCCCC(=O)Cl)C(C(=O)Cl)C1. The van der Waals surface area contributed by atoms with E-state index < -0.39 is 0 Å². The van der Waals surface area contributed by atoms with Gasteiger partial charge in [0.2, 0.25) is 10.5 Å². The lowest BCUT2D eigenvalue weighted by Gasteiger charge is -2.34. The van der Waals surface area contributed by atoms with Crippen LogP contribution in [0.1, 0.15) is 103 Å². The molecule has 0 aromatic carbocycles. The monoisotopic (exact) mass is 390 g/mol. The summed E-state index contributed by atoms with van der Waals surface area (Å²) in [5.41, 5.74) is 0. The minimum atomic E-state index is -0.220. The zero-order chi connectivity index (χ0) is 18.5. The van der Waals surface area contributed by atoms with E-state index in [1.165, 1.54) is 64.2 Å². The molecule has 1 aliphatic rings. The second-order valence-corrected chi connectivity index (χ2v) is 8.65. The van der Waals surface area contributed by atoms with Crippen LogP contribution in [0.2, 0.25) is 0 Å². The van der Waals surface area contributed by atoms with E-state index in [1.54, 1.807) is 0 Å². The Morgan fingerprint density at radius 1 is 0.840 bits per heavy atom. The van der Waals surface area contributed by atoms with Gasteiger partial charge in [-0.3, -0.25) is 9.59 Å². The summed E-state index contributed by atoms with van der Waals surface area (Å²) in [7, 11) is 0. The summed E-state index contributed by atoms with van der Waals surface area (Å²) in [6, 6.07) is 0. The molecule has 0 bridgehead atoms. The van der Waals surface area contributed by atoms with Gasteiger partial charge in [-0.1, -0.05) is 71.1 Å². The van der Waals surface area contributed by atoms with Crippen LogP contribution in [0.5, 0.6) is 0 Å². The maximum Gasteiger partial charge on any atom is 0.225 e. The van der Waals surface area contributed by atoms with Crippen molar-refractivity contribution in [1.82, 2.24) is 0 Å². The van der Waals surface area contributed by atoms with E-state index >= 15 is 0 Å². The predicted molar refractivity (Wildman–Crippen MR) is 107 cm³/mol. The van der Waals surface area contributed by atoms with Crippen molar-refractivity contribution in [2.24, 2.45) is 17.8 Å². The molecule has 4 heteroatoms. The maximum absolute atomic E-state index is 11.9. The van der Waals surface area contributed by atoms with Gasteiger partial charge in [-0.2, -0.15) is 0 Å². The number of unbranched alkanes of at least 4 members (excludes halogenated alkanes) is 7. The molecular formula is C21H36Cl2O2. The largest absolute Gasteiger partial charge is 0.281 e. The van der Waals surface area contributed by atoms with Crippen LogP contribution >= 0.6 is 23.2 Å². The topological polar surface area (TPSA) is 34.1 Å². The van der Waals surface area contributed by atoms with Crippen molar-refractivity contribution >= 4 is 33.7 Å². The third-order valence-electron chi connectivity index (χ3n) is 5.81. The number of hydrogen-bond donors (Lipinski definition) is 0. The van der Waals surface area contributed by atoms with E-state index in [4.69, 9.17) is 23.2 Å². The van der Waals surface area contributed by atoms with Crippen LogP contribution in [0.25, 0.3) is 0 Å². The molecule has 1 saturated carbocycles. The Morgan fingerprint density at radius 2 is 1.48 bits per heavy atom. The van der Waals surface area contributed by atoms with Gasteiger partial charge in [-0.25, -0.2) is 0 Å². The van der Waals surface area contributed by atoms with Crippen LogP contribution in [-0.2, 0) is 9.59 Å². The summed E-state index contributed by atoms with van der Waals surface area (Å²) in [6.45, 7) is 2.24. The normalized spacial score (nSPS) is 23.6. The van der Waals surface area contributed by atoms with Crippen molar-refractivity contribution < 1.29 is 9.59 Å². The third-order valence-corrected chi connectivity index (χ3v) is 6.28. The van der Waals surface area contributed by atoms with Crippen LogP contribution in [0.4, 0.5) is 0 Å². The fourth-order valence-corrected chi connectivity index (χ4v) is 4.67. The predicted octanol–water partition coefficient (Wildman–Crippen LogP) is 7.25. The van der Waals surface area contributed by atoms with E-state index in [2.05, 4.69) is 6.92 Å². The summed E-state index contributed by atoms with van der Waals surface area (Å²) in [5, 5.41) is -0.321. The molecule has 3 unspecified atom stereocenters. The minimum Gasteiger partial charge on any atom is -0.281 e. The second kappa shape index (κ2) is 14.0. The molecule has 0 aliphatic heterocycles. The first kappa shape index (κ1) is 23.0. The van der Waals surface area contributed by atoms with E-state index in [9.17, 15) is 9.59 Å². The van der Waals surface area contributed by atoms with Gasteiger partial charge in [0, 0.05) is 12.3 Å². The Hall–Kier alpha value is -0.0800. The molecule has 1 aliphatic carbocycles. The fourth-order valence-electron chi connectivity index (χ4n) is 4.27. The summed E-state index contributed by atoms with van der Waals surface area (Å²) in [6.07, 6.45) is 17.0. The van der Waals surface area contributed by atoms with Gasteiger partial charge in [0.1, 0.15) is 0 Å². The lowest BCUT2D eigenvalue weighted by molar-refractivity contribution is -0.118. The first-order valence-electron chi connectivity index (χ1n) is 10.4. The van der Waals surface area contributed by atoms with Gasteiger partial charge in [-0.05, 0) is 60.7 Å². The van der Waals surface area contributed by atoms with Crippen molar-refractivity contribution in [2.75, 3.05) is 0 Å². The molecule has 0 amide bonds. The van der Waals surface area contributed by atoms with Crippen LogP contribution < -0.4 is 0 Å². The molecule has 0 spiro atoms. The van der Waals surface area contributed by atoms with Crippen molar-refractivity contribution in [1.29, 1.82) is 0 Å². The Bertz CT molecular complexity index is 384. The van der Waals surface area contributed by atoms with Gasteiger partial charge in [0.15, 0.2) is 0 Å². The van der Waals surface area contributed by atoms with E-state index in [1.807, 2.05) is 0 Å². The Balaban J connectivity index is 2.17. The van der Waals surface area contributed by atoms with Gasteiger partial charge in [0.25, 0.3) is 0 Å². The number of rotatable bonds is 14. The first-order chi connectivity index (χ1) is 12.0. The highest BCUT2D eigenvalue weighted by Crippen LogP contribution is 2.40. The number of carbonyl (C=O) groups excluding carboxylic acids is 2. The summed E-state index contributed by atoms with van der Waals surface area (Å²) in [5.74, 6) is 1.30. The van der Waals surface area contributed by atoms with E-state index in [-0.39, 0.29) is 16.4 Å². The van der Waals surface area contributed by atoms with Crippen LogP contribution in [-0.4, -0.2) is 10.5 Å². The van der Waals surface area contributed by atoms with Crippen molar-refractivity contribution in [3.8, 4) is 0 Å². The van der Waals surface area contributed by atoms with Crippen molar-refractivity contribution in [2.45, 2.75) is 103 Å². The van der Waals surface area contributed by atoms with Crippen molar-refractivity contribution in [3.63, 3.8) is 0 Å². The highest BCUT2D eigenvalue weighted by Gasteiger charge is 2.33. The minimum absolute atomic E-state index is 0.0942. The average Bonchev–Trinajstić information content (AvgIpc) is 2.57. The Morgan fingerprint density at radius 3 is 2.12 bits per heavy atom. The highest BCUT2D eigenvalue weighted by atomic mass is 35.5. The molecule has 0 aromatic heterocycles. The molecule has 0 aromatic rings. The molecule has 2 nitrogen and oxygen atoms in total. The summed E-state index contributed by atoms with van der Waals surface area (Å²) in [4.78, 5) is 22.5. The number of carbonyl (C=O) groups is 2. The molecule has 0 heterocycles. The molecular weight excluding hydrogens is 355 g/mol. The lowest BCUT2D eigenvalue weighted by atomic mass is 9.71. The molecule has 0 saturated heterocycles. The molecule has 3 atom stereocenters. The Labute approximate surface area is 164 Å². The van der Waals surface area contributed by atoms with E-state index in [0.717, 1.165) is 25.7 Å². The van der Waals surface area contributed by atoms with Crippen LogP contribution in [0.3, 0.4) is 0 Å². The lowest BCUT2D eigenvalue weighted by Crippen LogP contribution is -2.29. The molecule has 146 valence electrons. The smallest absolute Gasteiger partial charge is 0.225 e. The molecule has 1 fully saturated rings. The average molecular weight is 391 g/mol. The first-order valence-corrected chi connectivity index (χ1v) is 11.2. The standard InChI is InChI=1S/C21H36Cl2O2/c1-2-3-8-11-17-14-15-18(19(16-17)21(23)25)12-9-6-4-5-7-10-13-20(22)24/h17-19H,2-16H2,1H3. The summed E-state index contributed by atoms with van der Waals surface area (Å²) >= 11 is 11.3. The van der Waals surface area contributed by atoms with Gasteiger partial charge >= 0.3 is 0 Å². The zero-order valence-corrected chi connectivity index (χ0v) is 17.4. The van der Waals surface area contributed by atoms with Gasteiger partial charge in [0.05, 0.1) is 0 Å². The number of hydrogen-bond acceptors (Lipinski definition) is 2. The molecule has 0 radical (unpaired) electrons. The van der Waals surface area contributed by atoms with E-state index in [0.29, 0.717) is 18.3 Å². The van der Waals surface area contributed by atoms with Gasteiger partial charge < -0.3 is 0 Å². The van der Waals surface area contributed by atoms with Crippen LogP contribution in [0.15, 0.2) is 0 Å². The summed E-state index contributed by atoms with van der Waals surface area (Å²) < 4.78 is 0. The second-order valence-electron chi connectivity index (χ2n) is 7.86. The fraction of sp³-hybridized carbons (Fsp3) is 0.905. The van der Waals surface area contributed by atoms with Crippen molar-refractivity contribution in [3.05, 3.63) is 0 Å². The van der Waals surface area contributed by atoms with Crippen LogP contribution in [0, 0.1) is 17.8 Å². The molecule has 25 heavy (non-hydrogen) atoms. The third kappa shape index (κ3) is 10.6. The van der Waals surface area contributed by atoms with Gasteiger partial charge in [-0.15, -0.1) is 0 Å². The zero-order valence-electron chi connectivity index (χ0n) is 15.9. The molecule has 0 N–H and O–H groups in total. The number of halogens is 2. The maximum atomic E-state index is 11.9. The Kier molecular flexibility index (Phi) is 12.9.